The molecule has 5 N–H and O–H groups in total. The van der Waals surface area contributed by atoms with Gasteiger partial charge in [-0.25, -0.2) is 4.98 Å². The van der Waals surface area contributed by atoms with E-state index in [1.807, 2.05) is 33.8 Å². The minimum Gasteiger partial charge on any atom is -0.508 e. The predicted molar refractivity (Wildman–Crippen MR) is 101 cm³/mol. The summed E-state index contributed by atoms with van der Waals surface area (Å²) in [6.45, 7) is 9.59. The Bertz CT molecular complexity index is 958. The van der Waals surface area contributed by atoms with Crippen molar-refractivity contribution in [3.05, 3.63) is 46.6 Å². The first-order valence-electron chi connectivity index (χ1n) is 8.18. The second-order valence-electron chi connectivity index (χ2n) is 5.72. The number of fused-ring (bicyclic) bond motifs is 1. The number of nitrogen functional groups attached to an aromatic ring is 1. The molecule has 0 saturated heterocycles. The van der Waals surface area contributed by atoms with Crippen molar-refractivity contribution in [2.75, 3.05) is 5.73 Å². The van der Waals surface area contributed by atoms with Crippen LogP contribution in [0.2, 0.25) is 0 Å². The number of carbonyl (C=O) groups is 1. The Labute approximate surface area is 147 Å². The summed E-state index contributed by atoms with van der Waals surface area (Å²) < 4.78 is 1.68. The smallest absolute Gasteiger partial charge is 0.253 e. The van der Waals surface area contributed by atoms with Gasteiger partial charge in [-0.3, -0.25) is 9.36 Å². The summed E-state index contributed by atoms with van der Waals surface area (Å²) in [4.78, 5) is 16.3. The summed E-state index contributed by atoms with van der Waals surface area (Å²) in [5.74, 6) is -0.226. The summed E-state index contributed by atoms with van der Waals surface area (Å²) in [5, 5.41) is 10.7. The molecule has 0 radical (unpaired) electrons. The number of hydrogen-bond acceptors (Lipinski definition) is 4. The second kappa shape index (κ2) is 6.84. The number of carbonyl (C=O) groups excluding carboxylic acids is 1. The van der Waals surface area contributed by atoms with Gasteiger partial charge in [-0.1, -0.05) is 19.9 Å². The molecule has 0 aliphatic heterocycles. The zero-order valence-electron chi connectivity index (χ0n) is 15.2. The summed E-state index contributed by atoms with van der Waals surface area (Å²) in [7, 11) is 0. The maximum atomic E-state index is 11.9. The molecule has 6 nitrogen and oxygen atoms in total. The van der Waals surface area contributed by atoms with Crippen LogP contribution in [0.3, 0.4) is 0 Å². The lowest BCUT2D eigenvalue weighted by atomic mass is 10.1. The molecule has 0 saturated carbocycles. The van der Waals surface area contributed by atoms with Crippen LogP contribution in [0.25, 0.3) is 16.7 Å². The Hall–Kier alpha value is -3.02. The lowest BCUT2D eigenvalue weighted by Crippen LogP contribution is -2.14. The zero-order chi connectivity index (χ0) is 18.9. The Balaban J connectivity index is 0.00000109. The highest BCUT2D eigenvalue weighted by Crippen LogP contribution is 2.35. The molecule has 2 aromatic heterocycles. The van der Waals surface area contributed by atoms with Gasteiger partial charge in [0.05, 0.1) is 11.3 Å². The molecule has 0 unspecified atom stereocenters. The van der Waals surface area contributed by atoms with Crippen molar-refractivity contribution in [1.29, 1.82) is 0 Å². The summed E-state index contributed by atoms with van der Waals surface area (Å²) in [6.07, 6.45) is 1.70. The molecule has 3 rings (SSSR count). The van der Waals surface area contributed by atoms with Crippen molar-refractivity contribution < 1.29 is 9.90 Å². The number of benzene rings is 1. The summed E-state index contributed by atoms with van der Waals surface area (Å²) in [6, 6.07) is 5.26. The number of primary amides is 1. The lowest BCUT2D eigenvalue weighted by molar-refractivity contribution is 0.100. The molecule has 2 heterocycles. The van der Waals surface area contributed by atoms with E-state index in [-0.39, 0.29) is 17.1 Å². The third kappa shape index (κ3) is 2.91. The van der Waals surface area contributed by atoms with Crippen LogP contribution in [0, 0.1) is 20.8 Å². The van der Waals surface area contributed by atoms with Crippen molar-refractivity contribution in [2.45, 2.75) is 34.6 Å². The van der Waals surface area contributed by atoms with Crippen molar-refractivity contribution in [3.63, 3.8) is 0 Å². The fraction of sp³-hybridized carbons (Fsp3) is 0.263. The largest absolute Gasteiger partial charge is 0.508 e. The average Bonchev–Trinajstić information content (AvgIpc) is 2.85. The van der Waals surface area contributed by atoms with Gasteiger partial charge in [-0.05, 0) is 44.0 Å². The summed E-state index contributed by atoms with van der Waals surface area (Å²) >= 11 is 0. The molecule has 1 aromatic carbocycles. The number of phenols is 1. The van der Waals surface area contributed by atoms with E-state index in [4.69, 9.17) is 11.5 Å². The van der Waals surface area contributed by atoms with E-state index in [9.17, 15) is 9.90 Å². The Morgan fingerprint density at radius 1 is 1.20 bits per heavy atom. The molecule has 0 aliphatic carbocycles. The van der Waals surface area contributed by atoms with Crippen molar-refractivity contribution in [2.24, 2.45) is 5.73 Å². The molecular weight excluding hydrogens is 316 g/mol. The van der Waals surface area contributed by atoms with Gasteiger partial charge < -0.3 is 16.6 Å². The van der Waals surface area contributed by atoms with E-state index in [0.717, 1.165) is 11.1 Å². The number of aromatic hydroxyl groups is 1. The molecule has 0 spiro atoms. The molecule has 1 amide bonds. The van der Waals surface area contributed by atoms with E-state index < -0.39 is 5.91 Å². The van der Waals surface area contributed by atoms with E-state index in [1.54, 1.807) is 29.8 Å². The average molecular weight is 340 g/mol. The number of anilines is 1. The molecule has 0 fully saturated rings. The lowest BCUT2D eigenvalue weighted by Gasteiger charge is -2.15. The second-order valence-corrected chi connectivity index (χ2v) is 5.72. The van der Waals surface area contributed by atoms with E-state index in [2.05, 4.69) is 4.98 Å². The maximum Gasteiger partial charge on any atom is 0.253 e. The van der Waals surface area contributed by atoms with Gasteiger partial charge in [0, 0.05) is 17.1 Å². The van der Waals surface area contributed by atoms with Gasteiger partial charge in [0.1, 0.15) is 17.2 Å². The monoisotopic (exact) mass is 340 g/mol. The summed E-state index contributed by atoms with van der Waals surface area (Å²) in [5.41, 5.74) is 15.7. The highest BCUT2D eigenvalue weighted by atomic mass is 16.3. The van der Waals surface area contributed by atoms with Crippen LogP contribution in [0.1, 0.15) is 40.9 Å². The standard InChI is InChI=1S/C17H18N4O2.C2H6/c1-8-6-11-13(16(19)23)15(18)21(17(11)20-7-8)14-9(2)4-5-12(22)10(14)3;1-2/h4-7,22H,18H2,1-3H3,(H2,19,23);1-2H3. The molecular formula is C19H24N4O2. The van der Waals surface area contributed by atoms with Crippen LogP contribution >= 0.6 is 0 Å². The minimum atomic E-state index is -0.603. The van der Waals surface area contributed by atoms with Crippen LogP contribution in [-0.2, 0) is 0 Å². The Morgan fingerprint density at radius 2 is 1.84 bits per heavy atom. The number of aryl methyl sites for hydroxylation is 2. The fourth-order valence-corrected chi connectivity index (χ4v) is 2.94. The number of aromatic nitrogens is 2. The first-order chi connectivity index (χ1) is 11.8. The number of nitrogens with two attached hydrogens (primary N) is 2. The van der Waals surface area contributed by atoms with Gasteiger partial charge in [0.2, 0.25) is 0 Å². The van der Waals surface area contributed by atoms with Crippen molar-refractivity contribution >= 4 is 22.8 Å². The number of hydrogen-bond donors (Lipinski definition) is 3. The van der Waals surface area contributed by atoms with Crippen LogP contribution in [-0.4, -0.2) is 20.6 Å². The highest BCUT2D eigenvalue weighted by Gasteiger charge is 2.23. The molecule has 25 heavy (non-hydrogen) atoms. The van der Waals surface area contributed by atoms with Gasteiger partial charge in [-0.2, -0.15) is 0 Å². The van der Waals surface area contributed by atoms with Crippen molar-refractivity contribution in [3.8, 4) is 11.4 Å². The topological polar surface area (TPSA) is 107 Å². The van der Waals surface area contributed by atoms with E-state index >= 15 is 0 Å². The quantitative estimate of drug-likeness (QED) is 0.665. The number of rotatable bonds is 2. The SMILES string of the molecule is CC.Cc1cnc2c(c1)c(C(N)=O)c(N)n2-c1c(C)ccc(O)c1C. The predicted octanol–water partition coefficient (Wildman–Crippen LogP) is 3.36. The van der Waals surface area contributed by atoms with Gasteiger partial charge in [0.25, 0.3) is 5.91 Å². The van der Waals surface area contributed by atoms with Crippen molar-refractivity contribution in [1.82, 2.24) is 9.55 Å². The molecule has 0 atom stereocenters. The van der Waals surface area contributed by atoms with Gasteiger partial charge >= 0.3 is 0 Å². The maximum absolute atomic E-state index is 11.9. The van der Waals surface area contributed by atoms with Crippen LogP contribution in [0.4, 0.5) is 5.82 Å². The van der Waals surface area contributed by atoms with Gasteiger partial charge in [0.15, 0.2) is 0 Å². The third-order valence-electron chi connectivity index (χ3n) is 4.06. The Morgan fingerprint density at radius 3 is 2.44 bits per heavy atom. The molecule has 6 heteroatoms. The number of pyridine rings is 1. The van der Waals surface area contributed by atoms with Crippen LogP contribution < -0.4 is 11.5 Å². The Kier molecular flexibility index (Phi) is 5.02. The number of amides is 1. The highest BCUT2D eigenvalue weighted by molar-refractivity contribution is 6.11. The number of nitrogens with zero attached hydrogens (tertiary/aromatic N) is 2. The zero-order valence-corrected chi connectivity index (χ0v) is 15.2. The first-order valence-corrected chi connectivity index (χ1v) is 8.18. The van der Waals surface area contributed by atoms with Crippen LogP contribution in [0.15, 0.2) is 24.4 Å². The normalized spacial score (nSPS) is 10.4. The van der Waals surface area contributed by atoms with E-state index in [1.165, 1.54) is 0 Å². The third-order valence-corrected chi connectivity index (χ3v) is 4.06. The fourth-order valence-electron chi connectivity index (χ4n) is 2.94. The molecule has 0 aliphatic rings. The molecule has 0 bridgehead atoms. The minimum absolute atomic E-state index is 0.152. The van der Waals surface area contributed by atoms with E-state index in [0.29, 0.717) is 22.3 Å². The number of phenolic OH excluding ortho intramolecular Hbond substituents is 1. The molecule has 3 aromatic rings. The van der Waals surface area contributed by atoms with Gasteiger partial charge in [-0.15, -0.1) is 0 Å². The van der Waals surface area contributed by atoms with Crippen LogP contribution in [0.5, 0.6) is 5.75 Å². The molecule has 132 valence electrons. The first kappa shape index (κ1) is 18.3.